The summed E-state index contributed by atoms with van der Waals surface area (Å²) in [6.07, 6.45) is 2.46. The van der Waals surface area contributed by atoms with Crippen molar-refractivity contribution in [3.8, 4) is 5.75 Å². The summed E-state index contributed by atoms with van der Waals surface area (Å²) in [6, 6.07) is 12.1. The normalized spacial score (nSPS) is 17.0. The molecule has 1 saturated heterocycles. The molecule has 0 spiro atoms. The Balaban J connectivity index is 1.88. The number of carbonyl (C=O) groups is 1. The van der Waals surface area contributed by atoms with E-state index in [1.807, 2.05) is 24.3 Å². The Morgan fingerprint density at radius 1 is 1.29 bits per heavy atom. The average molecular weight is 423 g/mol. The van der Waals surface area contributed by atoms with E-state index < -0.39 is 10.0 Å². The first-order chi connectivity index (χ1) is 13.4. The number of nitrogens with zero attached hydrogens (tertiary/aromatic N) is 1. The number of nitrogens with one attached hydrogen (secondary N) is 1. The molecule has 1 aliphatic rings. The standard InChI is InChI=1S/C20H23ClN2O4S/c1-22-28(25,26)19-13-15(9-10-18(19)27-2)20(24)23-11-5-7-16(23)12-14-6-3-4-8-17(14)21/h3-4,6,8-10,13,16,22H,5,7,11-12H2,1-2H3. The summed E-state index contributed by atoms with van der Waals surface area (Å²) in [6.45, 7) is 0.633. The molecular weight excluding hydrogens is 400 g/mol. The van der Waals surface area contributed by atoms with Crippen LogP contribution in [0.4, 0.5) is 0 Å². The zero-order valence-corrected chi connectivity index (χ0v) is 17.4. The molecule has 0 saturated carbocycles. The monoisotopic (exact) mass is 422 g/mol. The van der Waals surface area contributed by atoms with E-state index in [-0.39, 0.29) is 22.6 Å². The van der Waals surface area contributed by atoms with Crippen LogP contribution in [-0.2, 0) is 16.4 Å². The molecule has 1 aliphatic heterocycles. The fraction of sp³-hybridized carbons (Fsp3) is 0.350. The minimum absolute atomic E-state index is 0.0267. The van der Waals surface area contributed by atoms with Gasteiger partial charge >= 0.3 is 0 Å². The number of hydrogen-bond acceptors (Lipinski definition) is 4. The van der Waals surface area contributed by atoms with Crippen molar-refractivity contribution in [3.05, 3.63) is 58.6 Å². The third-order valence-electron chi connectivity index (χ3n) is 5.02. The van der Waals surface area contributed by atoms with E-state index in [2.05, 4.69) is 4.72 Å². The molecule has 0 radical (unpaired) electrons. The third kappa shape index (κ3) is 4.16. The minimum Gasteiger partial charge on any atom is -0.495 e. The highest BCUT2D eigenvalue weighted by Crippen LogP contribution is 2.29. The Hall–Kier alpha value is -2.09. The maximum absolute atomic E-state index is 13.1. The van der Waals surface area contributed by atoms with Crippen molar-refractivity contribution in [3.63, 3.8) is 0 Å². The van der Waals surface area contributed by atoms with Crippen LogP contribution in [0.25, 0.3) is 0 Å². The number of hydrogen-bond donors (Lipinski definition) is 1. The molecule has 1 atom stereocenters. The first kappa shape index (κ1) is 20.6. The van der Waals surface area contributed by atoms with Crippen molar-refractivity contribution in [1.29, 1.82) is 0 Å². The lowest BCUT2D eigenvalue weighted by atomic mass is 10.0. The van der Waals surface area contributed by atoms with Crippen LogP contribution in [-0.4, -0.2) is 46.0 Å². The zero-order chi connectivity index (χ0) is 20.3. The maximum Gasteiger partial charge on any atom is 0.254 e. The molecule has 1 N–H and O–H groups in total. The molecule has 2 aromatic rings. The smallest absolute Gasteiger partial charge is 0.254 e. The number of halogens is 1. The summed E-state index contributed by atoms with van der Waals surface area (Å²) in [5, 5.41) is 0.689. The number of sulfonamides is 1. The van der Waals surface area contributed by atoms with Gasteiger partial charge in [0.05, 0.1) is 7.11 Å². The van der Waals surface area contributed by atoms with Crippen LogP contribution in [0.5, 0.6) is 5.75 Å². The van der Waals surface area contributed by atoms with Gasteiger partial charge < -0.3 is 9.64 Å². The SMILES string of the molecule is CNS(=O)(=O)c1cc(C(=O)N2CCCC2Cc2ccccc2Cl)ccc1OC. The van der Waals surface area contributed by atoms with Crippen molar-refractivity contribution in [2.24, 2.45) is 0 Å². The summed E-state index contributed by atoms with van der Waals surface area (Å²) in [5.74, 6) is 0.00435. The van der Waals surface area contributed by atoms with E-state index in [1.165, 1.54) is 26.3 Å². The van der Waals surface area contributed by atoms with E-state index in [4.69, 9.17) is 16.3 Å². The number of ether oxygens (including phenoxy) is 1. The molecule has 2 aromatic carbocycles. The second-order valence-corrected chi connectivity index (χ2v) is 8.93. The van der Waals surface area contributed by atoms with Gasteiger partial charge in [-0.1, -0.05) is 29.8 Å². The van der Waals surface area contributed by atoms with Crippen LogP contribution in [0.2, 0.25) is 5.02 Å². The molecule has 1 fully saturated rings. The molecule has 150 valence electrons. The van der Waals surface area contributed by atoms with Crippen molar-refractivity contribution in [2.75, 3.05) is 20.7 Å². The molecule has 0 aliphatic carbocycles. The molecule has 6 nitrogen and oxygen atoms in total. The number of amides is 1. The number of carbonyl (C=O) groups excluding carboxylic acids is 1. The summed E-state index contributed by atoms with van der Waals surface area (Å²) >= 11 is 6.28. The Labute approximate surface area is 170 Å². The lowest BCUT2D eigenvalue weighted by Crippen LogP contribution is -2.37. The predicted molar refractivity (Wildman–Crippen MR) is 108 cm³/mol. The first-order valence-electron chi connectivity index (χ1n) is 9.03. The van der Waals surface area contributed by atoms with E-state index >= 15 is 0 Å². The molecule has 3 rings (SSSR count). The van der Waals surface area contributed by atoms with Crippen LogP contribution in [0.3, 0.4) is 0 Å². The molecule has 8 heteroatoms. The van der Waals surface area contributed by atoms with Crippen LogP contribution < -0.4 is 9.46 Å². The second-order valence-electron chi connectivity index (χ2n) is 6.66. The van der Waals surface area contributed by atoms with E-state index in [1.54, 1.807) is 11.0 Å². The second kappa shape index (κ2) is 8.51. The van der Waals surface area contributed by atoms with Gasteiger partial charge in [-0.15, -0.1) is 0 Å². The summed E-state index contributed by atoms with van der Waals surface area (Å²) in [7, 11) is -1.03. The quantitative estimate of drug-likeness (QED) is 0.776. The highest BCUT2D eigenvalue weighted by Gasteiger charge is 2.31. The van der Waals surface area contributed by atoms with Crippen LogP contribution >= 0.6 is 11.6 Å². The van der Waals surface area contributed by atoms with Gasteiger partial charge in [0.15, 0.2) is 0 Å². The molecule has 1 amide bonds. The largest absolute Gasteiger partial charge is 0.495 e. The highest BCUT2D eigenvalue weighted by molar-refractivity contribution is 7.89. The highest BCUT2D eigenvalue weighted by atomic mass is 35.5. The predicted octanol–water partition coefficient (Wildman–Crippen LogP) is 3.10. The summed E-state index contributed by atoms with van der Waals surface area (Å²) in [5.41, 5.74) is 1.32. The molecule has 0 aromatic heterocycles. The zero-order valence-electron chi connectivity index (χ0n) is 15.8. The van der Waals surface area contributed by atoms with Gasteiger partial charge in [-0.05, 0) is 56.1 Å². The fourth-order valence-corrected chi connectivity index (χ4v) is 4.66. The Morgan fingerprint density at radius 2 is 2.04 bits per heavy atom. The van der Waals surface area contributed by atoms with E-state index in [0.717, 1.165) is 18.4 Å². The average Bonchev–Trinajstić information content (AvgIpc) is 3.16. The number of rotatable bonds is 6. The first-order valence-corrected chi connectivity index (χ1v) is 10.9. The third-order valence-corrected chi connectivity index (χ3v) is 6.82. The van der Waals surface area contributed by atoms with Crippen LogP contribution in [0.1, 0.15) is 28.8 Å². The minimum atomic E-state index is -3.75. The van der Waals surface area contributed by atoms with Gasteiger partial charge in [-0.2, -0.15) is 0 Å². The number of likely N-dealkylation sites (tertiary alicyclic amines) is 1. The van der Waals surface area contributed by atoms with Gasteiger partial charge in [0.2, 0.25) is 10.0 Å². The number of methoxy groups -OCH3 is 1. The van der Waals surface area contributed by atoms with Gasteiger partial charge in [-0.3, -0.25) is 4.79 Å². The topological polar surface area (TPSA) is 75.7 Å². The van der Waals surface area contributed by atoms with Gasteiger partial charge in [-0.25, -0.2) is 13.1 Å². The van der Waals surface area contributed by atoms with Crippen molar-refractivity contribution < 1.29 is 17.9 Å². The molecule has 28 heavy (non-hydrogen) atoms. The maximum atomic E-state index is 13.1. The molecular formula is C20H23ClN2O4S. The lowest BCUT2D eigenvalue weighted by molar-refractivity contribution is 0.0736. The van der Waals surface area contributed by atoms with Crippen molar-refractivity contribution in [1.82, 2.24) is 9.62 Å². The van der Waals surface area contributed by atoms with E-state index in [0.29, 0.717) is 23.6 Å². The molecule has 1 heterocycles. The van der Waals surface area contributed by atoms with Gasteiger partial charge in [0.1, 0.15) is 10.6 Å². The molecule has 0 bridgehead atoms. The van der Waals surface area contributed by atoms with Gasteiger partial charge in [0.25, 0.3) is 5.91 Å². The summed E-state index contributed by atoms with van der Waals surface area (Å²) < 4.78 is 32.0. The number of benzene rings is 2. The Kier molecular flexibility index (Phi) is 6.27. The van der Waals surface area contributed by atoms with Gasteiger partial charge in [0, 0.05) is 23.2 Å². The summed E-state index contributed by atoms with van der Waals surface area (Å²) in [4.78, 5) is 14.9. The lowest BCUT2D eigenvalue weighted by Gasteiger charge is -2.25. The van der Waals surface area contributed by atoms with E-state index in [9.17, 15) is 13.2 Å². The van der Waals surface area contributed by atoms with Crippen molar-refractivity contribution in [2.45, 2.75) is 30.2 Å². The van der Waals surface area contributed by atoms with Crippen LogP contribution in [0, 0.1) is 0 Å². The Morgan fingerprint density at radius 3 is 2.71 bits per heavy atom. The molecule has 1 unspecified atom stereocenters. The Bertz CT molecular complexity index is 978. The van der Waals surface area contributed by atoms with Crippen molar-refractivity contribution >= 4 is 27.5 Å². The fourth-order valence-electron chi connectivity index (χ4n) is 3.53. The van der Waals surface area contributed by atoms with Crippen LogP contribution in [0.15, 0.2) is 47.4 Å².